The van der Waals surface area contributed by atoms with E-state index in [1.54, 1.807) is 11.2 Å². The molecule has 2 radical (unpaired) electrons. The number of nitrogens with zero attached hydrogens (tertiary/aromatic N) is 5. The molecular weight excluding hydrogens is 287 g/mol. The van der Waals surface area contributed by atoms with Gasteiger partial charge in [0.25, 0.3) is 0 Å². The van der Waals surface area contributed by atoms with Gasteiger partial charge in [0.15, 0.2) is 0 Å². The number of aliphatic imine (C=N–C) groups is 2. The molecule has 6 nitrogen and oxygen atoms in total. The molecule has 1 aliphatic rings. The van der Waals surface area contributed by atoms with Crippen LogP contribution in [-0.2, 0) is 0 Å². The summed E-state index contributed by atoms with van der Waals surface area (Å²) < 4.78 is 0. The summed E-state index contributed by atoms with van der Waals surface area (Å²) in [5, 5.41) is 5.66. The van der Waals surface area contributed by atoms with Gasteiger partial charge in [-0.3, -0.25) is 15.0 Å². The highest BCUT2D eigenvalue weighted by Gasteiger charge is 2.08. The van der Waals surface area contributed by atoms with Gasteiger partial charge in [0.05, 0.1) is 23.6 Å². The fraction of sp³-hybridized carbons (Fsp3) is 0.250. The summed E-state index contributed by atoms with van der Waals surface area (Å²) >= 11 is 0. The Balaban J connectivity index is 2.12. The zero-order valence-electron chi connectivity index (χ0n) is 13.6. The minimum atomic E-state index is 0.134. The van der Waals surface area contributed by atoms with E-state index in [4.69, 9.17) is 13.6 Å². The van der Waals surface area contributed by atoms with Crippen LogP contribution in [0.1, 0.15) is 25.2 Å². The summed E-state index contributed by atoms with van der Waals surface area (Å²) in [7, 11) is 5.68. The summed E-state index contributed by atoms with van der Waals surface area (Å²) in [6.45, 7) is 10.2. The fourth-order valence-corrected chi connectivity index (χ4v) is 1.98. The van der Waals surface area contributed by atoms with Crippen LogP contribution >= 0.6 is 0 Å². The number of hydrogen-bond donors (Lipinski definition) is 1. The number of nitrogens with two attached hydrogens (primary N) is 1. The van der Waals surface area contributed by atoms with Crippen molar-refractivity contribution in [3.05, 3.63) is 42.4 Å². The van der Waals surface area contributed by atoms with Crippen LogP contribution < -0.4 is 5.73 Å². The molecule has 1 aromatic rings. The first-order chi connectivity index (χ1) is 10.8. The normalized spacial score (nSPS) is 14.5. The molecule has 116 valence electrons. The van der Waals surface area contributed by atoms with Crippen molar-refractivity contribution in [2.45, 2.75) is 20.8 Å². The third-order valence-corrected chi connectivity index (χ3v) is 2.99. The molecule has 7 heteroatoms. The number of guanidine groups is 1. The topological polar surface area (TPSA) is 79.2 Å². The van der Waals surface area contributed by atoms with Gasteiger partial charge in [0.2, 0.25) is 5.96 Å². The fourth-order valence-electron chi connectivity index (χ4n) is 1.98. The van der Waals surface area contributed by atoms with Crippen LogP contribution in [0.15, 0.2) is 46.1 Å². The van der Waals surface area contributed by atoms with E-state index in [-0.39, 0.29) is 5.96 Å². The van der Waals surface area contributed by atoms with E-state index in [2.05, 4.69) is 26.6 Å². The Morgan fingerprint density at radius 2 is 2.17 bits per heavy atom. The van der Waals surface area contributed by atoms with E-state index in [1.807, 2.05) is 39.0 Å². The number of aromatic nitrogens is 1. The van der Waals surface area contributed by atoms with Crippen LogP contribution in [0.4, 0.5) is 5.69 Å². The van der Waals surface area contributed by atoms with Crippen molar-refractivity contribution in [2.75, 3.05) is 6.54 Å². The zero-order valence-corrected chi connectivity index (χ0v) is 13.6. The largest absolute Gasteiger partial charge is 0.367 e. The highest BCUT2D eigenvalue weighted by Crippen LogP contribution is 2.21. The predicted octanol–water partition coefficient (Wildman–Crippen LogP) is 2.14. The smallest absolute Gasteiger partial charge is 0.237 e. The molecule has 0 saturated carbocycles. The van der Waals surface area contributed by atoms with Gasteiger partial charge >= 0.3 is 0 Å². The van der Waals surface area contributed by atoms with Crippen molar-refractivity contribution in [1.29, 1.82) is 0 Å². The SMILES string of the molecule is [B]C1=NC(N)=NN(/C=C\C(=C)c2ccc(N=C(C)C)c(C)n2)C1. The Hall–Kier alpha value is -2.70. The maximum atomic E-state index is 5.68. The van der Waals surface area contributed by atoms with E-state index < -0.39 is 0 Å². The molecule has 0 aromatic carbocycles. The zero-order chi connectivity index (χ0) is 17.0. The van der Waals surface area contributed by atoms with E-state index in [0.717, 1.165) is 28.4 Å². The maximum Gasteiger partial charge on any atom is 0.237 e. The first-order valence-electron chi connectivity index (χ1n) is 7.16. The number of pyridine rings is 1. The first kappa shape index (κ1) is 16.7. The molecule has 23 heavy (non-hydrogen) atoms. The van der Waals surface area contributed by atoms with Crippen LogP contribution in [0.25, 0.3) is 5.57 Å². The van der Waals surface area contributed by atoms with Gasteiger partial charge in [0.1, 0.15) is 7.85 Å². The Morgan fingerprint density at radius 1 is 1.43 bits per heavy atom. The monoisotopic (exact) mass is 306 g/mol. The number of allylic oxidation sites excluding steroid dienone is 2. The second-order valence-corrected chi connectivity index (χ2v) is 5.36. The lowest BCUT2D eigenvalue weighted by molar-refractivity contribution is 0.452. The van der Waals surface area contributed by atoms with E-state index in [1.165, 1.54) is 0 Å². The Labute approximate surface area is 137 Å². The average molecular weight is 306 g/mol. The molecule has 1 aliphatic heterocycles. The minimum Gasteiger partial charge on any atom is -0.367 e. The summed E-state index contributed by atoms with van der Waals surface area (Å²) in [6.07, 6.45) is 3.56. The van der Waals surface area contributed by atoms with Crippen LogP contribution in [0.3, 0.4) is 0 Å². The molecule has 0 aliphatic carbocycles. The van der Waals surface area contributed by atoms with Gasteiger partial charge in [0, 0.05) is 11.9 Å². The van der Waals surface area contributed by atoms with E-state index in [0.29, 0.717) is 12.2 Å². The summed E-state index contributed by atoms with van der Waals surface area (Å²) in [4.78, 5) is 12.8. The van der Waals surface area contributed by atoms with Crippen LogP contribution in [0.5, 0.6) is 0 Å². The molecule has 0 unspecified atom stereocenters. The number of aryl methyl sites for hydroxylation is 1. The summed E-state index contributed by atoms with van der Waals surface area (Å²) in [6, 6.07) is 3.83. The Bertz CT molecular complexity index is 741. The number of hydrazone groups is 1. The lowest BCUT2D eigenvalue weighted by atomic mass is 10.0. The summed E-state index contributed by atoms with van der Waals surface area (Å²) in [5.74, 6) is 0.134. The van der Waals surface area contributed by atoms with Crippen molar-refractivity contribution in [3.63, 3.8) is 0 Å². The Kier molecular flexibility index (Phi) is 5.11. The second-order valence-electron chi connectivity index (χ2n) is 5.36. The number of hydrogen-bond acceptors (Lipinski definition) is 6. The second kappa shape index (κ2) is 7.04. The molecule has 0 bridgehead atoms. The van der Waals surface area contributed by atoms with Crippen molar-refractivity contribution >= 4 is 36.4 Å². The highest BCUT2D eigenvalue weighted by molar-refractivity contribution is 6.61. The van der Waals surface area contributed by atoms with Crippen molar-refractivity contribution in [3.8, 4) is 0 Å². The molecular formula is C16H19BN6. The average Bonchev–Trinajstić information content (AvgIpc) is 2.45. The lowest BCUT2D eigenvalue weighted by Gasteiger charge is -2.18. The van der Waals surface area contributed by atoms with Gasteiger partial charge in [-0.05, 0) is 50.2 Å². The standard InChI is InChI=1S/C16H19BN6/c1-10(2)19-14-6-5-13(20-12(14)4)11(3)7-8-23-9-15(17)21-16(18)22-23/h5-8H,3,9H2,1-2,4H3,(H2,18,22)/b8-7-. The van der Waals surface area contributed by atoms with Gasteiger partial charge < -0.3 is 5.73 Å². The van der Waals surface area contributed by atoms with Gasteiger partial charge in [-0.1, -0.05) is 6.58 Å². The molecule has 0 amide bonds. The lowest BCUT2D eigenvalue weighted by Crippen LogP contribution is -2.30. The quantitative estimate of drug-likeness (QED) is 0.526. The van der Waals surface area contributed by atoms with Crippen LogP contribution in [-0.4, -0.2) is 41.7 Å². The molecule has 0 atom stereocenters. The number of rotatable bonds is 4. The molecule has 0 spiro atoms. The Morgan fingerprint density at radius 3 is 2.78 bits per heavy atom. The van der Waals surface area contributed by atoms with Gasteiger partial charge in [-0.15, -0.1) is 5.10 Å². The van der Waals surface area contributed by atoms with Crippen LogP contribution in [0, 0.1) is 6.92 Å². The van der Waals surface area contributed by atoms with Crippen LogP contribution in [0.2, 0.25) is 0 Å². The van der Waals surface area contributed by atoms with Gasteiger partial charge in [-0.2, -0.15) is 0 Å². The third-order valence-electron chi connectivity index (χ3n) is 2.99. The molecule has 1 aromatic heterocycles. The molecule has 0 saturated heterocycles. The molecule has 0 fully saturated rings. The van der Waals surface area contributed by atoms with Crippen molar-refractivity contribution in [2.24, 2.45) is 20.8 Å². The van der Waals surface area contributed by atoms with Gasteiger partial charge in [-0.25, -0.2) is 4.99 Å². The minimum absolute atomic E-state index is 0.134. The predicted molar refractivity (Wildman–Crippen MR) is 97.1 cm³/mol. The molecule has 2 N–H and O–H groups in total. The highest BCUT2D eigenvalue weighted by atomic mass is 15.5. The summed E-state index contributed by atoms with van der Waals surface area (Å²) in [5.41, 5.74) is 10.2. The van der Waals surface area contributed by atoms with Crippen molar-refractivity contribution < 1.29 is 0 Å². The van der Waals surface area contributed by atoms with E-state index >= 15 is 0 Å². The van der Waals surface area contributed by atoms with Crippen molar-refractivity contribution in [1.82, 2.24) is 9.99 Å². The maximum absolute atomic E-state index is 5.68. The van der Waals surface area contributed by atoms with E-state index in [9.17, 15) is 0 Å². The first-order valence-corrected chi connectivity index (χ1v) is 7.16. The third kappa shape index (κ3) is 4.64. The molecule has 2 heterocycles. The molecule has 2 rings (SSSR count).